The summed E-state index contributed by atoms with van der Waals surface area (Å²) in [6.45, 7) is 0. The monoisotopic (exact) mass is 197 g/mol. The van der Waals surface area contributed by atoms with Crippen LogP contribution >= 0.6 is 0 Å². The van der Waals surface area contributed by atoms with Gasteiger partial charge in [0.25, 0.3) is 0 Å². The fourth-order valence-corrected chi connectivity index (χ4v) is 2.94. The maximum absolute atomic E-state index is 11.3. The van der Waals surface area contributed by atoms with Crippen LogP contribution in [-0.4, -0.2) is 19.1 Å². The average Bonchev–Trinajstić information content (AvgIpc) is 2.26. The van der Waals surface area contributed by atoms with E-state index >= 15 is 0 Å². The van der Waals surface area contributed by atoms with Crippen molar-refractivity contribution in [1.29, 1.82) is 0 Å². The van der Waals surface area contributed by atoms with Crippen molar-refractivity contribution >= 4 is 5.97 Å². The summed E-state index contributed by atoms with van der Waals surface area (Å²) in [6.07, 6.45) is 6.62. The molecular formula is C11H19NO2. The van der Waals surface area contributed by atoms with Gasteiger partial charge in [0.1, 0.15) is 0 Å². The molecule has 1 atom stereocenters. The van der Waals surface area contributed by atoms with E-state index in [1.165, 1.54) is 20.0 Å². The van der Waals surface area contributed by atoms with E-state index in [2.05, 4.69) is 0 Å². The lowest BCUT2D eigenvalue weighted by molar-refractivity contribution is -0.148. The molecule has 2 rings (SSSR count). The Kier molecular flexibility index (Phi) is 2.52. The first kappa shape index (κ1) is 9.97. The molecule has 3 nitrogen and oxygen atoms in total. The van der Waals surface area contributed by atoms with Crippen LogP contribution in [0.5, 0.6) is 0 Å². The topological polar surface area (TPSA) is 52.3 Å². The summed E-state index contributed by atoms with van der Waals surface area (Å²) in [4.78, 5) is 11.3. The Hall–Kier alpha value is -0.570. The van der Waals surface area contributed by atoms with Crippen LogP contribution in [0.3, 0.4) is 0 Å². The molecule has 2 aliphatic carbocycles. The first-order chi connectivity index (χ1) is 6.68. The van der Waals surface area contributed by atoms with E-state index in [-0.39, 0.29) is 11.9 Å². The normalized spacial score (nSPS) is 41.9. The van der Waals surface area contributed by atoms with Gasteiger partial charge in [0.15, 0.2) is 0 Å². The molecule has 0 heterocycles. The molecule has 1 unspecified atom stereocenters. The van der Waals surface area contributed by atoms with Gasteiger partial charge in [-0.25, -0.2) is 0 Å². The predicted molar refractivity (Wildman–Crippen MR) is 53.6 cm³/mol. The number of nitrogens with two attached hydrogens (primary N) is 1. The summed E-state index contributed by atoms with van der Waals surface area (Å²) in [5.74, 6) is 0.103. The standard InChI is InChI=1S/C11H19NO2/c1-14-10(13)8-2-5-11(6-3-8)7-4-9(11)12/h8-9H,2-7,12H2,1H3. The zero-order chi connectivity index (χ0) is 10.2. The lowest BCUT2D eigenvalue weighted by Crippen LogP contribution is -2.52. The Labute approximate surface area is 85.0 Å². The Balaban J connectivity index is 1.89. The minimum Gasteiger partial charge on any atom is -0.469 e. The van der Waals surface area contributed by atoms with Crippen LogP contribution < -0.4 is 5.73 Å². The number of methoxy groups -OCH3 is 1. The van der Waals surface area contributed by atoms with Crippen molar-refractivity contribution in [2.75, 3.05) is 7.11 Å². The van der Waals surface area contributed by atoms with E-state index in [0.717, 1.165) is 25.7 Å². The van der Waals surface area contributed by atoms with Crippen LogP contribution in [0.1, 0.15) is 38.5 Å². The number of esters is 1. The van der Waals surface area contributed by atoms with Gasteiger partial charge in [-0.15, -0.1) is 0 Å². The maximum Gasteiger partial charge on any atom is 0.308 e. The van der Waals surface area contributed by atoms with Gasteiger partial charge < -0.3 is 10.5 Å². The van der Waals surface area contributed by atoms with E-state index in [0.29, 0.717) is 11.5 Å². The molecule has 2 aliphatic rings. The molecule has 1 spiro atoms. The Morgan fingerprint density at radius 3 is 2.21 bits per heavy atom. The second-order valence-corrected chi connectivity index (χ2v) is 4.80. The van der Waals surface area contributed by atoms with Crippen LogP contribution in [-0.2, 0) is 9.53 Å². The van der Waals surface area contributed by atoms with Crippen LogP contribution in [0.4, 0.5) is 0 Å². The number of hydrogen-bond acceptors (Lipinski definition) is 3. The van der Waals surface area contributed by atoms with E-state index < -0.39 is 0 Å². The molecule has 14 heavy (non-hydrogen) atoms. The largest absolute Gasteiger partial charge is 0.469 e. The van der Waals surface area contributed by atoms with Crippen molar-refractivity contribution < 1.29 is 9.53 Å². The Bertz CT molecular complexity index is 231. The first-order valence-corrected chi connectivity index (χ1v) is 5.51. The summed E-state index contributed by atoms with van der Waals surface area (Å²) >= 11 is 0. The quantitative estimate of drug-likeness (QED) is 0.647. The average molecular weight is 197 g/mol. The number of hydrogen-bond donors (Lipinski definition) is 1. The number of carbonyl (C=O) groups is 1. The van der Waals surface area contributed by atoms with Crippen LogP contribution in [0.15, 0.2) is 0 Å². The SMILES string of the molecule is COC(=O)C1CCC2(CC1)CCC2N. The van der Waals surface area contributed by atoms with Crippen molar-refractivity contribution in [3.05, 3.63) is 0 Å². The Morgan fingerprint density at radius 1 is 1.29 bits per heavy atom. The van der Waals surface area contributed by atoms with Crippen molar-refractivity contribution in [3.8, 4) is 0 Å². The minimum absolute atomic E-state index is 0.0345. The molecule has 0 radical (unpaired) electrons. The molecule has 2 saturated carbocycles. The lowest BCUT2D eigenvalue weighted by atomic mass is 9.56. The second-order valence-electron chi connectivity index (χ2n) is 4.80. The second kappa shape index (κ2) is 3.54. The van der Waals surface area contributed by atoms with Gasteiger partial charge in [0, 0.05) is 6.04 Å². The fourth-order valence-electron chi connectivity index (χ4n) is 2.94. The van der Waals surface area contributed by atoms with Crippen LogP contribution in [0.25, 0.3) is 0 Å². The van der Waals surface area contributed by atoms with Gasteiger partial charge in [-0.3, -0.25) is 4.79 Å². The molecule has 0 aromatic rings. The van der Waals surface area contributed by atoms with Crippen molar-refractivity contribution in [2.24, 2.45) is 17.1 Å². The van der Waals surface area contributed by atoms with E-state index in [4.69, 9.17) is 10.5 Å². The predicted octanol–water partition coefficient (Wildman–Crippen LogP) is 1.46. The molecule has 2 N–H and O–H groups in total. The van der Waals surface area contributed by atoms with Crippen molar-refractivity contribution in [1.82, 2.24) is 0 Å². The van der Waals surface area contributed by atoms with Gasteiger partial charge in [-0.05, 0) is 43.9 Å². The molecule has 0 aliphatic heterocycles. The third-order valence-electron chi connectivity index (χ3n) is 4.26. The van der Waals surface area contributed by atoms with Gasteiger partial charge in [0.05, 0.1) is 13.0 Å². The zero-order valence-corrected chi connectivity index (χ0v) is 8.79. The summed E-state index contributed by atoms with van der Waals surface area (Å²) in [5, 5.41) is 0. The highest BCUT2D eigenvalue weighted by Gasteiger charge is 2.47. The summed E-state index contributed by atoms with van der Waals surface area (Å²) in [6, 6.07) is 0.390. The third kappa shape index (κ3) is 1.44. The molecule has 0 amide bonds. The number of carbonyl (C=O) groups excluding carboxylic acids is 1. The van der Waals surface area contributed by atoms with E-state index in [1.807, 2.05) is 0 Å². The van der Waals surface area contributed by atoms with Gasteiger partial charge in [0.2, 0.25) is 0 Å². The molecule has 0 aromatic carbocycles. The highest BCUT2D eigenvalue weighted by atomic mass is 16.5. The van der Waals surface area contributed by atoms with Crippen LogP contribution in [0.2, 0.25) is 0 Å². The maximum atomic E-state index is 11.3. The number of rotatable bonds is 1. The molecule has 0 saturated heterocycles. The zero-order valence-electron chi connectivity index (χ0n) is 8.79. The van der Waals surface area contributed by atoms with E-state index in [1.54, 1.807) is 0 Å². The highest BCUT2D eigenvalue weighted by molar-refractivity contribution is 5.72. The smallest absolute Gasteiger partial charge is 0.308 e. The highest BCUT2D eigenvalue weighted by Crippen LogP contribution is 2.51. The summed E-state index contributed by atoms with van der Waals surface area (Å²) in [5.41, 5.74) is 6.42. The van der Waals surface area contributed by atoms with Gasteiger partial charge in [-0.1, -0.05) is 0 Å². The number of ether oxygens (including phenoxy) is 1. The van der Waals surface area contributed by atoms with Gasteiger partial charge >= 0.3 is 5.97 Å². The molecular weight excluding hydrogens is 178 g/mol. The van der Waals surface area contributed by atoms with Crippen molar-refractivity contribution in [2.45, 2.75) is 44.6 Å². The summed E-state index contributed by atoms with van der Waals surface area (Å²) in [7, 11) is 1.47. The van der Waals surface area contributed by atoms with Crippen molar-refractivity contribution in [3.63, 3.8) is 0 Å². The molecule has 2 fully saturated rings. The molecule has 80 valence electrons. The third-order valence-corrected chi connectivity index (χ3v) is 4.26. The summed E-state index contributed by atoms with van der Waals surface area (Å²) < 4.78 is 4.77. The first-order valence-electron chi connectivity index (χ1n) is 5.51. The molecule has 3 heteroatoms. The van der Waals surface area contributed by atoms with Gasteiger partial charge in [-0.2, -0.15) is 0 Å². The lowest BCUT2D eigenvalue weighted by Gasteiger charge is -2.51. The Morgan fingerprint density at radius 2 is 1.86 bits per heavy atom. The van der Waals surface area contributed by atoms with Crippen LogP contribution in [0, 0.1) is 11.3 Å². The molecule has 0 bridgehead atoms. The minimum atomic E-state index is -0.0345. The molecule has 0 aromatic heterocycles. The fraction of sp³-hybridized carbons (Fsp3) is 0.909. The van der Waals surface area contributed by atoms with E-state index in [9.17, 15) is 4.79 Å².